The Morgan fingerprint density at radius 1 is 1.46 bits per heavy atom. The number of likely N-dealkylation sites (tertiary alicyclic amines) is 1. The zero-order valence-corrected chi connectivity index (χ0v) is 13.1. The summed E-state index contributed by atoms with van der Waals surface area (Å²) in [6, 6.07) is 7.32. The predicted molar refractivity (Wildman–Crippen MR) is 86.1 cm³/mol. The Bertz CT molecular complexity index is 744. The van der Waals surface area contributed by atoms with Gasteiger partial charge >= 0.3 is 6.03 Å². The second kappa shape index (κ2) is 6.61. The number of carbonyl (C=O) groups excluding carboxylic acids is 1. The lowest BCUT2D eigenvalue weighted by molar-refractivity contribution is -0.384. The Balaban J connectivity index is 1.78. The molecule has 2 amide bonds. The van der Waals surface area contributed by atoms with Gasteiger partial charge in [-0.15, -0.1) is 0 Å². The number of methoxy groups -OCH3 is 1. The van der Waals surface area contributed by atoms with Crippen LogP contribution in [-0.4, -0.2) is 29.5 Å². The van der Waals surface area contributed by atoms with Crippen molar-refractivity contribution in [2.24, 2.45) is 0 Å². The number of non-ortho nitro benzene ring substituents is 1. The number of ether oxygens (including phenoxy) is 1. The van der Waals surface area contributed by atoms with Crippen molar-refractivity contribution in [3.63, 3.8) is 0 Å². The third kappa shape index (κ3) is 3.03. The van der Waals surface area contributed by atoms with Crippen molar-refractivity contribution < 1.29 is 18.9 Å². The highest BCUT2D eigenvalue weighted by atomic mass is 16.6. The molecule has 1 fully saturated rings. The number of urea groups is 1. The molecule has 0 aliphatic carbocycles. The highest BCUT2D eigenvalue weighted by Gasteiger charge is 2.32. The third-order valence-corrected chi connectivity index (χ3v) is 4.02. The normalized spacial score (nSPS) is 16.9. The van der Waals surface area contributed by atoms with Gasteiger partial charge < -0.3 is 19.4 Å². The molecule has 1 aromatic heterocycles. The van der Waals surface area contributed by atoms with Gasteiger partial charge in [0.05, 0.1) is 36.1 Å². The smallest absolute Gasteiger partial charge is 0.322 e. The van der Waals surface area contributed by atoms with Crippen LogP contribution in [0.15, 0.2) is 41.0 Å². The van der Waals surface area contributed by atoms with Gasteiger partial charge in [-0.1, -0.05) is 0 Å². The standard InChI is InChI=1S/C16H17N3O5/c1-23-15-10-11(19(21)22)6-7-12(15)17-16(20)18-8-2-4-13(18)14-5-3-9-24-14/h3,5-7,9-10,13H,2,4,8H2,1H3,(H,17,20). The first-order valence-electron chi connectivity index (χ1n) is 7.53. The summed E-state index contributed by atoms with van der Waals surface area (Å²) in [5.74, 6) is 0.990. The predicted octanol–water partition coefficient (Wildman–Crippen LogP) is 3.57. The molecule has 0 radical (unpaired) electrons. The highest BCUT2D eigenvalue weighted by molar-refractivity contribution is 5.91. The molecular weight excluding hydrogens is 314 g/mol. The molecule has 1 aliphatic heterocycles. The Labute approximate surface area is 138 Å². The second-order valence-corrected chi connectivity index (χ2v) is 5.44. The van der Waals surface area contributed by atoms with Gasteiger partial charge in [-0.05, 0) is 31.0 Å². The third-order valence-electron chi connectivity index (χ3n) is 4.02. The molecule has 1 unspecified atom stereocenters. The molecule has 8 nitrogen and oxygen atoms in total. The Morgan fingerprint density at radius 2 is 2.29 bits per heavy atom. The number of nitro groups is 1. The molecule has 0 spiro atoms. The van der Waals surface area contributed by atoms with Crippen LogP contribution in [0.3, 0.4) is 0 Å². The summed E-state index contributed by atoms with van der Waals surface area (Å²) < 4.78 is 10.6. The summed E-state index contributed by atoms with van der Waals surface area (Å²) in [5, 5.41) is 13.6. The van der Waals surface area contributed by atoms with Gasteiger partial charge in [0.25, 0.3) is 5.69 Å². The molecule has 8 heteroatoms. The van der Waals surface area contributed by atoms with Crippen molar-refractivity contribution in [3.8, 4) is 5.75 Å². The number of nitro benzene ring substituents is 1. The van der Waals surface area contributed by atoms with Crippen LogP contribution in [-0.2, 0) is 0 Å². The fourth-order valence-corrected chi connectivity index (χ4v) is 2.87. The van der Waals surface area contributed by atoms with Gasteiger partial charge in [-0.2, -0.15) is 0 Å². The molecule has 2 aromatic rings. The van der Waals surface area contributed by atoms with Crippen molar-refractivity contribution >= 4 is 17.4 Å². The maximum atomic E-state index is 12.6. The number of furan rings is 1. The fourth-order valence-electron chi connectivity index (χ4n) is 2.87. The van der Waals surface area contributed by atoms with Crippen LogP contribution in [0.5, 0.6) is 5.75 Å². The van der Waals surface area contributed by atoms with Crippen LogP contribution in [0.1, 0.15) is 24.6 Å². The number of rotatable bonds is 4. The SMILES string of the molecule is COc1cc([N+](=O)[O-])ccc1NC(=O)N1CCCC1c1ccco1. The quantitative estimate of drug-likeness (QED) is 0.682. The van der Waals surface area contributed by atoms with E-state index in [1.54, 1.807) is 17.2 Å². The van der Waals surface area contributed by atoms with Gasteiger partial charge in [0.1, 0.15) is 11.5 Å². The van der Waals surface area contributed by atoms with E-state index in [1.165, 1.54) is 25.3 Å². The van der Waals surface area contributed by atoms with E-state index in [1.807, 2.05) is 6.07 Å². The number of anilines is 1. The minimum absolute atomic E-state index is 0.0977. The summed E-state index contributed by atoms with van der Waals surface area (Å²) in [6.45, 7) is 0.618. The van der Waals surface area contributed by atoms with Gasteiger partial charge in [0, 0.05) is 12.6 Å². The number of nitrogens with one attached hydrogen (secondary N) is 1. The van der Waals surface area contributed by atoms with E-state index in [0.717, 1.165) is 18.6 Å². The van der Waals surface area contributed by atoms with Crippen molar-refractivity contribution in [1.29, 1.82) is 0 Å². The molecule has 126 valence electrons. The molecule has 1 atom stereocenters. The van der Waals surface area contributed by atoms with Gasteiger partial charge in [0.2, 0.25) is 0 Å². The van der Waals surface area contributed by atoms with Crippen LogP contribution in [0.4, 0.5) is 16.2 Å². The molecule has 2 heterocycles. The summed E-state index contributed by atoms with van der Waals surface area (Å²) in [4.78, 5) is 24.6. The number of hydrogen-bond acceptors (Lipinski definition) is 5. The van der Waals surface area contributed by atoms with E-state index < -0.39 is 4.92 Å². The van der Waals surface area contributed by atoms with E-state index in [-0.39, 0.29) is 23.5 Å². The average Bonchev–Trinajstić information content (AvgIpc) is 3.25. The molecule has 3 rings (SSSR count). The molecule has 0 bridgehead atoms. The first kappa shape index (κ1) is 15.9. The molecule has 24 heavy (non-hydrogen) atoms. The monoisotopic (exact) mass is 331 g/mol. The lowest BCUT2D eigenvalue weighted by Crippen LogP contribution is -2.34. The molecule has 1 aromatic carbocycles. The fraction of sp³-hybridized carbons (Fsp3) is 0.312. The van der Waals surface area contributed by atoms with E-state index in [9.17, 15) is 14.9 Å². The molecular formula is C16H17N3O5. The maximum absolute atomic E-state index is 12.6. The average molecular weight is 331 g/mol. The van der Waals surface area contributed by atoms with Crippen molar-refractivity contribution in [2.75, 3.05) is 19.0 Å². The van der Waals surface area contributed by atoms with Gasteiger partial charge in [0.15, 0.2) is 0 Å². The van der Waals surface area contributed by atoms with E-state index in [0.29, 0.717) is 12.2 Å². The highest BCUT2D eigenvalue weighted by Crippen LogP contribution is 2.34. The minimum Gasteiger partial charge on any atom is -0.494 e. The molecule has 0 saturated carbocycles. The van der Waals surface area contributed by atoms with Crippen molar-refractivity contribution in [2.45, 2.75) is 18.9 Å². The first-order valence-corrected chi connectivity index (χ1v) is 7.53. The Morgan fingerprint density at radius 3 is 2.96 bits per heavy atom. The van der Waals surface area contributed by atoms with Crippen LogP contribution >= 0.6 is 0 Å². The molecule has 1 N–H and O–H groups in total. The molecule has 1 aliphatic rings. The van der Waals surface area contributed by atoms with E-state index >= 15 is 0 Å². The zero-order valence-electron chi connectivity index (χ0n) is 13.1. The van der Waals surface area contributed by atoms with Gasteiger partial charge in [-0.3, -0.25) is 10.1 Å². The largest absolute Gasteiger partial charge is 0.494 e. The summed E-state index contributed by atoms with van der Waals surface area (Å²) in [7, 11) is 1.40. The van der Waals surface area contributed by atoms with Crippen LogP contribution in [0.25, 0.3) is 0 Å². The molecule has 1 saturated heterocycles. The lowest BCUT2D eigenvalue weighted by atomic mass is 10.2. The second-order valence-electron chi connectivity index (χ2n) is 5.44. The lowest BCUT2D eigenvalue weighted by Gasteiger charge is -2.24. The number of benzene rings is 1. The first-order chi connectivity index (χ1) is 11.6. The zero-order chi connectivity index (χ0) is 17.1. The van der Waals surface area contributed by atoms with E-state index in [4.69, 9.17) is 9.15 Å². The van der Waals surface area contributed by atoms with Crippen LogP contribution in [0, 0.1) is 10.1 Å². The van der Waals surface area contributed by atoms with Crippen molar-refractivity contribution in [3.05, 3.63) is 52.5 Å². The number of amides is 2. The van der Waals surface area contributed by atoms with E-state index in [2.05, 4.69) is 5.32 Å². The minimum atomic E-state index is -0.512. The summed E-state index contributed by atoms with van der Waals surface area (Å²) in [6.07, 6.45) is 3.30. The summed E-state index contributed by atoms with van der Waals surface area (Å²) in [5.41, 5.74) is 0.290. The summed E-state index contributed by atoms with van der Waals surface area (Å²) >= 11 is 0. The van der Waals surface area contributed by atoms with Gasteiger partial charge in [-0.25, -0.2) is 4.79 Å². The number of nitrogens with zero attached hydrogens (tertiary/aromatic N) is 2. The topological polar surface area (TPSA) is 97.8 Å². The van der Waals surface area contributed by atoms with Crippen LogP contribution < -0.4 is 10.1 Å². The number of hydrogen-bond donors (Lipinski definition) is 1. The Kier molecular flexibility index (Phi) is 4.37. The van der Waals surface area contributed by atoms with Crippen LogP contribution in [0.2, 0.25) is 0 Å². The Hall–Kier alpha value is -3.03. The number of carbonyl (C=O) groups is 1. The van der Waals surface area contributed by atoms with Crippen molar-refractivity contribution in [1.82, 2.24) is 4.90 Å². The maximum Gasteiger partial charge on any atom is 0.322 e.